The van der Waals surface area contributed by atoms with Crippen LogP contribution in [-0.4, -0.2) is 47.9 Å². The third-order valence-electron chi connectivity index (χ3n) is 4.26. The second-order valence-electron chi connectivity index (χ2n) is 6.43. The van der Waals surface area contributed by atoms with Crippen LogP contribution in [0, 0.1) is 17.0 Å². The van der Waals surface area contributed by atoms with Crippen LogP contribution in [0.4, 0.5) is 10.8 Å². The van der Waals surface area contributed by atoms with E-state index in [0.29, 0.717) is 29.3 Å². The molecule has 1 aromatic heterocycles. The largest absolute Gasteiger partial charge is 0.308 e. The molecule has 0 bridgehead atoms. The fourth-order valence-electron chi connectivity index (χ4n) is 2.76. The highest BCUT2D eigenvalue weighted by Gasteiger charge is 2.25. The van der Waals surface area contributed by atoms with Crippen LogP contribution in [0.5, 0.6) is 0 Å². The molecule has 0 radical (unpaired) electrons. The lowest BCUT2D eigenvalue weighted by atomic mass is 10.1. The van der Waals surface area contributed by atoms with Crippen molar-refractivity contribution >= 4 is 38.3 Å². The van der Waals surface area contributed by atoms with E-state index in [1.165, 1.54) is 17.4 Å². The molecular weight excluding hydrogens is 364 g/mol. The number of thiazole rings is 1. The summed E-state index contributed by atoms with van der Waals surface area (Å²) in [6.07, 6.45) is 0. The van der Waals surface area contributed by atoms with E-state index >= 15 is 0 Å². The van der Waals surface area contributed by atoms with E-state index in [2.05, 4.69) is 4.98 Å². The summed E-state index contributed by atoms with van der Waals surface area (Å²) in [5, 5.41) is 11.8. The Hall–Kier alpha value is -2.84. The number of hydrogen-bond acceptors (Lipinski definition) is 6. The van der Waals surface area contributed by atoms with Gasteiger partial charge >= 0.3 is 0 Å². The van der Waals surface area contributed by atoms with Gasteiger partial charge in [-0.25, -0.2) is 4.98 Å². The van der Waals surface area contributed by atoms with Gasteiger partial charge in [-0.2, -0.15) is 0 Å². The summed E-state index contributed by atoms with van der Waals surface area (Å²) in [4.78, 5) is 32.2. The van der Waals surface area contributed by atoms with Gasteiger partial charge in [0.2, 0.25) is 0 Å². The molecule has 0 saturated carbocycles. The smallest absolute Gasteiger partial charge is 0.273 e. The Morgan fingerprint density at radius 3 is 2.56 bits per heavy atom. The maximum absolute atomic E-state index is 13.3. The Balaban J connectivity index is 2.04. The van der Waals surface area contributed by atoms with Crippen molar-refractivity contribution in [1.29, 1.82) is 0 Å². The molecule has 3 aromatic rings. The van der Waals surface area contributed by atoms with Gasteiger partial charge in [0, 0.05) is 30.3 Å². The minimum Gasteiger partial charge on any atom is -0.308 e. The Labute approximate surface area is 161 Å². The Kier molecular flexibility index (Phi) is 5.48. The van der Waals surface area contributed by atoms with E-state index in [0.717, 1.165) is 10.2 Å². The molecule has 1 heterocycles. The predicted molar refractivity (Wildman–Crippen MR) is 108 cm³/mol. The Bertz CT molecular complexity index is 967. The Morgan fingerprint density at radius 1 is 1.15 bits per heavy atom. The van der Waals surface area contributed by atoms with Gasteiger partial charge in [0.25, 0.3) is 11.6 Å². The number of nitro groups is 1. The lowest BCUT2D eigenvalue weighted by molar-refractivity contribution is -0.385. The minimum atomic E-state index is -0.464. The number of likely N-dealkylation sites (N-methyl/N-ethyl adjacent to an activating group) is 1. The highest BCUT2D eigenvalue weighted by molar-refractivity contribution is 7.22. The first-order valence-corrected chi connectivity index (χ1v) is 9.26. The second kappa shape index (κ2) is 7.81. The zero-order chi connectivity index (χ0) is 19.6. The molecule has 0 aliphatic heterocycles. The number of aromatic nitrogens is 1. The summed E-state index contributed by atoms with van der Waals surface area (Å²) in [7, 11) is 3.86. The normalized spacial score (nSPS) is 11.1. The number of rotatable bonds is 6. The molecule has 0 aliphatic rings. The third-order valence-corrected chi connectivity index (χ3v) is 5.32. The maximum atomic E-state index is 13.3. The molecule has 7 nitrogen and oxygen atoms in total. The van der Waals surface area contributed by atoms with Gasteiger partial charge in [-0.1, -0.05) is 29.5 Å². The number of carbonyl (C=O) groups is 1. The molecule has 0 saturated heterocycles. The molecule has 0 N–H and O–H groups in total. The van der Waals surface area contributed by atoms with Crippen LogP contribution >= 0.6 is 11.3 Å². The molecule has 8 heteroatoms. The van der Waals surface area contributed by atoms with Crippen molar-refractivity contribution < 1.29 is 9.72 Å². The van der Waals surface area contributed by atoms with Crippen molar-refractivity contribution in [2.75, 3.05) is 32.1 Å². The number of para-hydroxylation sites is 1. The minimum absolute atomic E-state index is 0.0577. The van der Waals surface area contributed by atoms with E-state index in [9.17, 15) is 14.9 Å². The average molecular weight is 384 g/mol. The van der Waals surface area contributed by atoms with Crippen molar-refractivity contribution in [1.82, 2.24) is 9.88 Å². The van der Waals surface area contributed by atoms with Crippen LogP contribution in [-0.2, 0) is 0 Å². The van der Waals surface area contributed by atoms with Gasteiger partial charge in [0.1, 0.15) is 0 Å². The molecule has 0 unspecified atom stereocenters. The molecule has 2 aromatic carbocycles. The Morgan fingerprint density at radius 2 is 1.89 bits per heavy atom. The number of benzene rings is 2. The first-order valence-electron chi connectivity index (χ1n) is 8.44. The zero-order valence-corrected chi connectivity index (χ0v) is 16.2. The fraction of sp³-hybridized carbons (Fsp3) is 0.263. The molecule has 0 atom stereocenters. The summed E-state index contributed by atoms with van der Waals surface area (Å²) >= 11 is 1.44. The molecule has 0 fully saturated rings. The monoisotopic (exact) mass is 384 g/mol. The van der Waals surface area contributed by atoms with Crippen molar-refractivity contribution in [3.63, 3.8) is 0 Å². The van der Waals surface area contributed by atoms with Gasteiger partial charge in [0.15, 0.2) is 5.13 Å². The van der Waals surface area contributed by atoms with Gasteiger partial charge < -0.3 is 4.90 Å². The van der Waals surface area contributed by atoms with Crippen molar-refractivity contribution in [3.8, 4) is 0 Å². The summed E-state index contributed by atoms with van der Waals surface area (Å²) in [5.41, 5.74) is 1.46. The molecule has 27 heavy (non-hydrogen) atoms. The number of nitrogens with zero attached hydrogens (tertiary/aromatic N) is 4. The van der Waals surface area contributed by atoms with Crippen molar-refractivity contribution in [3.05, 3.63) is 63.7 Å². The zero-order valence-electron chi connectivity index (χ0n) is 15.4. The van der Waals surface area contributed by atoms with Crippen LogP contribution in [0.25, 0.3) is 10.2 Å². The lowest BCUT2D eigenvalue weighted by Gasteiger charge is -2.22. The highest BCUT2D eigenvalue weighted by Crippen LogP contribution is 2.31. The average Bonchev–Trinajstić information content (AvgIpc) is 3.05. The van der Waals surface area contributed by atoms with Gasteiger partial charge in [-0.3, -0.25) is 19.8 Å². The molecule has 3 rings (SSSR count). The lowest BCUT2D eigenvalue weighted by Crippen LogP contribution is -2.37. The van der Waals surface area contributed by atoms with Crippen molar-refractivity contribution in [2.45, 2.75) is 6.92 Å². The van der Waals surface area contributed by atoms with Crippen LogP contribution in [0.1, 0.15) is 15.9 Å². The number of amides is 1. The fourth-order valence-corrected chi connectivity index (χ4v) is 3.75. The number of hydrogen-bond donors (Lipinski definition) is 0. The van der Waals surface area contributed by atoms with E-state index < -0.39 is 4.92 Å². The summed E-state index contributed by atoms with van der Waals surface area (Å²) in [6, 6.07) is 12.3. The van der Waals surface area contributed by atoms with E-state index in [-0.39, 0.29) is 11.6 Å². The van der Waals surface area contributed by atoms with Crippen LogP contribution in [0.15, 0.2) is 42.5 Å². The number of anilines is 1. The molecule has 140 valence electrons. The molecule has 0 aliphatic carbocycles. The van der Waals surface area contributed by atoms with E-state index in [1.807, 2.05) is 43.3 Å². The molecule has 1 amide bonds. The summed E-state index contributed by atoms with van der Waals surface area (Å²) in [6.45, 7) is 2.69. The van der Waals surface area contributed by atoms with Gasteiger partial charge in [-0.15, -0.1) is 0 Å². The third kappa shape index (κ3) is 3.96. The first kappa shape index (κ1) is 18.9. The van der Waals surface area contributed by atoms with Crippen LogP contribution in [0.2, 0.25) is 0 Å². The van der Waals surface area contributed by atoms with Crippen molar-refractivity contribution in [2.24, 2.45) is 0 Å². The second-order valence-corrected chi connectivity index (χ2v) is 7.44. The topological polar surface area (TPSA) is 79.6 Å². The molecular formula is C19H20N4O3S. The van der Waals surface area contributed by atoms with Crippen LogP contribution < -0.4 is 4.90 Å². The van der Waals surface area contributed by atoms with E-state index in [4.69, 9.17) is 0 Å². The molecule has 0 spiro atoms. The standard InChI is InChI=1S/C19H20N4O3S/c1-13-14(7-6-9-16(13)23(25)26)18(24)22(12-11-21(2)3)19-20-15-8-4-5-10-17(15)27-19/h4-10H,11-12H2,1-3H3. The van der Waals surface area contributed by atoms with Crippen LogP contribution in [0.3, 0.4) is 0 Å². The van der Waals surface area contributed by atoms with E-state index in [1.54, 1.807) is 24.0 Å². The number of fused-ring (bicyclic) bond motifs is 1. The summed E-state index contributed by atoms with van der Waals surface area (Å²) < 4.78 is 0.992. The predicted octanol–water partition coefficient (Wildman–Crippen LogP) is 3.72. The quantitative estimate of drug-likeness (QED) is 0.478. The van der Waals surface area contributed by atoms with Gasteiger partial charge in [0.05, 0.1) is 15.1 Å². The SMILES string of the molecule is Cc1c(C(=O)N(CCN(C)C)c2nc3ccccc3s2)cccc1[N+](=O)[O-]. The summed E-state index contributed by atoms with van der Waals surface area (Å²) in [5.74, 6) is -0.280. The maximum Gasteiger partial charge on any atom is 0.273 e. The number of nitro benzene ring substituents is 1. The number of carbonyl (C=O) groups excluding carboxylic acids is 1. The highest BCUT2D eigenvalue weighted by atomic mass is 32.1. The first-order chi connectivity index (χ1) is 12.9. The van der Waals surface area contributed by atoms with Gasteiger partial charge in [-0.05, 0) is 39.2 Å².